The van der Waals surface area contributed by atoms with Crippen molar-refractivity contribution in [3.05, 3.63) is 0 Å². The van der Waals surface area contributed by atoms with E-state index in [-0.39, 0.29) is 5.41 Å². The monoisotopic (exact) mass is 318 g/mol. The Morgan fingerprint density at radius 3 is 2.48 bits per heavy atom. The highest BCUT2D eigenvalue weighted by atomic mass is 16.1. The van der Waals surface area contributed by atoms with E-state index in [2.05, 4.69) is 27.7 Å². The molecule has 1 nitrogen and oxygen atoms in total. The van der Waals surface area contributed by atoms with Gasteiger partial charge in [0.1, 0.15) is 5.78 Å². The zero-order valence-corrected chi connectivity index (χ0v) is 16.2. The van der Waals surface area contributed by atoms with E-state index < -0.39 is 0 Å². The van der Waals surface area contributed by atoms with Gasteiger partial charge in [0.05, 0.1) is 0 Å². The first-order chi connectivity index (χ1) is 10.8. The van der Waals surface area contributed by atoms with Crippen molar-refractivity contribution in [2.75, 3.05) is 0 Å². The van der Waals surface area contributed by atoms with E-state index in [4.69, 9.17) is 0 Å². The Balaban J connectivity index is 1.85. The van der Waals surface area contributed by atoms with Crippen molar-refractivity contribution >= 4 is 5.78 Å². The molecule has 7 unspecified atom stereocenters. The van der Waals surface area contributed by atoms with Crippen LogP contribution in [0, 0.1) is 40.4 Å². The van der Waals surface area contributed by atoms with Crippen LogP contribution < -0.4 is 0 Å². The van der Waals surface area contributed by atoms with Crippen LogP contribution in [0.25, 0.3) is 0 Å². The normalized spacial score (nSPS) is 50.0. The maximum absolute atomic E-state index is 11.9. The number of ketones is 1. The molecule has 0 aromatic carbocycles. The molecule has 0 bridgehead atoms. The minimum atomic E-state index is 0.271. The van der Waals surface area contributed by atoms with Crippen molar-refractivity contribution in [3.63, 3.8) is 0 Å². The Labute approximate surface area is 144 Å². The van der Waals surface area contributed by atoms with E-state index in [1.54, 1.807) is 6.92 Å². The zero-order valence-electron chi connectivity index (χ0n) is 16.2. The molecular weight excluding hydrogens is 280 g/mol. The molecular formula is C22H38O. The van der Waals surface area contributed by atoms with Crippen LogP contribution in [0.1, 0.15) is 92.4 Å². The van der Waals surface area contributed by atoms with Gasteiger partial charge in [0, 0.05) is 6.42 Å². The van der Waals surface area contributed by atoms with Crippen molar-refractivity contribution in [1.82, 2.24) is 0 Å². The second kappa shape index (κ2) is 6.19. The minimum Gasteiger partial charge on any atom is -0.300 e. The van der Waals surface area contributed by atoms with Gasteiger partial charge in [-0.1, -0.05) is 40.5 Å². The maximum Gasteiger partial charge on any atom is 0.130 e. The predicted molar refractivity (Wildman–Crippen MR) is 97.2 cm³/mol. The molecule has 0 N–H and O–H groups in total. The Morgan fingerprint density at radius 2 is 1.83 bits per heavy atom. The predicted octanol–water partition coefficient (Wildman–Crippen LogP) is 6.26. The molecule has 0 spiro atoms. The summed E-state index contributed by atoms with van der Waals surface area (Å²) in [6.45, 7) is 11.7. The van der Waals surface area contributed by atoms with E-state index in [1.807, 2.05) is 0 Å². The van der Waals surface area contributed by atoms with E-state index in [9.17, 15) is 4.79 Å². The zero-order chi connectivity index (χ0) is 16.8. The van der Waals surface area contributed by atoms with Gasteiger partial charge < -0.3 is 4.79 Å². The van der Waals surface area contributed by atoms with Crippen LogP contribution >= 0.6 is 0 Å². The van der Waals surface area contributed by atoms with Crippen LogP contribution in [-0.4, -0.2) is 5.78 Å². The molecule has 0 saturated heterocycles. The lowest BCUT2D eigenvalue weighted by atomic mass is 9.43. The first kappa shape index (κ1) is 17.5. The molecule has 3 aliphatic rings. The van der Waals surface area contributed by atoms with Crippen LogP contribution in [0.2, 0.25) is 0 Å². The Hall–Kier alpha value is -0.330. The van der Waals surface area contributed by atoms with Crippen LogP contribution in [0.3, 0.4) is 0 Å². The van der Waals surface area contributed by atoms with Gasteiger partial charge in [0.15, 0.2) is 0 Å². The highest BCUT2D eigenvalue weighted by Gasteiger charge is 2.56. The highest BCUT2D eigenvalue weighted by molar-refractivity contribution is 5.76. The first-order valence-corrected chi connectivity index (χ1v) is 10.3. The van der Waals surface area contributed by atoms with Crippen molar-refractivity contribution in [2.24, 2.45) is 40.4 Å². The summed E-state index contributed by atoms with van der Waals surface area (Å²) >= 11 is 0. The fourth-order valence-electron chi connectivity index (χ4n) is 7.45. The van der Waals surface area contributed by atoms with Crippen LogP contribution in [0.15, 0.2) is 0 Å². The summed E-state index contributed by atoms with van der Waals surface area (Å²) in [7, 11) is 0. The molecule has 3 rings (SSSR count). The van der Waals surface area contributed by atoms with E-state index >= 15 is 0 Å². The molecule has 0 amide bonds. The van der Waals surface area contributed by atoms with Crippen LogP contribution in [0.5, 0.6) is 0 Å². The minimum absolute atomic E-state index is 0.271. The SMILES string of the molecule is CCC1C2CCC3CC(C)CCC3(C)C2CCC1(C)CC(C)=O. The third-order valence-electron chi connectivity index (χ3n) is 8.54. The summed E-state index contributed by atoms with van der Waals surface area (Å²) in [5.41, 5.74) is 0.868. The molecule has 0 aromatic heterocycles. The summed E-state index contributed by atoms with van der Waals surface area (Å²) in [5.74, 6) is 4.89. The average molecular weight is 319 g/mol. The second-order valence-corrected chi connectivity index (χ2v) is 10.0. The second-order valence-electron chi connectivity index (χ2n) is 10.0. The average Bonchev–Trinajstić information content (AvgIpc) is 2.46. The Bertz CT molecular complexity index is 455. The molecule has 132 valence electrons. The summed E-state index contributed by atoms with van der Waals surface area (Å²) in [6, 6.07) is 0. The smallest absolute Gasteiger partial charge is 0.130 e. The summed E-state index contributed by atoms with van der Waals surface area (Å²) in [5, 5.41) is 0. The number of carbonyl (C=O) groups is 1. The number of Topliss-reactive ketones (excluding diaryl/α,β-unsaturated/α-hetero) is 1. The lowest BCUT2D eigenvalue weighted by molar-refractivity contribution is -0.134. The molecule has 3 aliphatic carbocycles. The third-order valence-corrected chi connectivity index (χ3v) is 8.54. The lowest BCUT2D eigenvalue weighted by Gasteiger charge is -2.61. The fraction of sp³-hybridized carbons (Fsp3) is 0.955. The Morgan fingerprint density at radius 1 is 1.09 bits per heavy atom. The molecule has 23 heavy (non-hydrogen) atoms. The molecule has 0 radical (unpaired) electrons. The number of hydrogen-bond acceptors (Lipinski definition) is 1. The molecule has 0 aromatic rings. The van der Waals surface area contributed by atoms with Gasteiger partial charge in [0.25, 0.3) is 0 Å². The summed E-state index contributed by atoms with van der Waals surface area (Å²) in [4.78, 5) is 11.9. The molecule has 1 heteroatoms. The van der Waals surface area contributed by atoms with E-state index in [0.717, 1.165) is 36.0 Å². The number of rotatable bonds is 3. The fourth-order valence-corrected chi connectivity index (χ4v) is 7.45. The van der Waals surface area contributed by atoms with Gasteiger partial charge in [-0.25, -0.2) is 0 Å². The number of fused-ring (bicyclic) bond motifs is 3. The molecule has 7 atom stereocenters. The molecule has 3 saturated carbocycles. The standard InChI is InChI=1S/C22H38O/c1-6-19-18-8-7-17-13-15(2)9-12-22(17,5)20(18)10-11-21(19,4)14-16(3)23/h15,17-20H,6-14H2,1-5H3. The first-order valence-electron chi connectivity index (χ1n) is 10.3. The van der Waals surface area contributed by atoms with Crippen molar-refractivity contribution < 1.29 is 4.79 Å². The largest absolute Gasteiger partial charge is 0.300 e. The number of carbonyl (C=O) groups excluding carboxylic acids is 1. The van der Waals surface area contributed by atoms with Crippen molar-refractivity contribution in [1.29, 1.82) is 0 Å². The van der Waals surface area contributed by atoms with Gasteiger partial charge in [-0.2, -0.15) is 0 Å². The number of hydrogen-bond donors (Lipinski definition) is 0. The van der Waals surface area contributed by atoms with E-state index in [0.29, 0.717) is 11.2 Å². The quantitative estimate of drug-likeness (QED) is 0.600. The van der Waals surface area contributed by atoms with Gasteiger partial charge >= 0.3 is 0 Å². The third kappa shape index (κ3) is 2.91. The van der Waals surface area contributed by atoms with Crippen molar-refractivity contribution in [3.8, 4) is 0 Å². The van der Waals surface area contributed by atoms with Gasteiger partial charge in [-0.15, -0.1) is 0 Å². The van der Waals surface area contributed by atoms with Gasteiger partial charge in [-0.05, 0) is 85.9 Å². The summed E-state index contributed by atoms with van der Waals surface area (Å²) < 4.78 is 0. The van der Waals surface area contributed by atoms with E-state index in [1.165, 1.54) is 51.4 Å². The highest BCUT2D eigenvalue weighted by Crippen LogP contribution is 2.64. The van der Waals surface area contributed by atoms with Gasteiger partial charge in [0.2, 0.25) is 0 Å². The summed E-state index contributed by atoms with van der Waals surface area (Å²) in [6.07, 6.45) is 12.0. The van der Waals surface area contributed by atoms with Crippen molar-refractivity contribution in [2.45, 2.75) is 92.4 Å². The molecule has 3 fully saturated rings. The lowest BCUT2D eigenvalue weighted by Crippen LogP contribution is -2.53. The van der Waals surface area contributed by atoms with Crippen LogP contribution in [-0.2, 0) is 4.79 Å². The van der Waals surface area contributed by atoms with Gasteiger partial charge in [-0.3, -0.25) is 0 Å². The topological polar surface area (TPSA) is 17.1 Å². The maximum atomic E-state index is 11.9. The Kier molecular flexibility index (Phi) is 4.71. The molecule has 0 aliphatic heterocycles. The molecule has 0 heterocycles. The van der Waals surface area contributed by atoms with Crippen LogP contribution in [0.4, 0.5) is 0 Å².